The van der Waals surface area contributed by atoms with Crippen LogP contribution < -0.4 is 11.1 Å². The Hall–Kier alpha value is -3.20. The molecule has 4 aromatic heterocycles. The number of nitrogens with zero attached hydrogens (tertiary/aromatic N) is 5. The first-order valence-corrected chi connectivity index (χ1v) is 8.57. The predicted molar refractivity (Wildman–Crippen MR) is 97.7 cm³/mol. The second kappa shape index (κ2) is 5.95. The first kappa shape index (κ1) is 15.1. The van der Waals surface area contributed by atoms with E-state index in [4.69, 9.17) is 10.5 Å². The fourth-order valence-corrected chi connectivity index (χ4v) is 3.34. The first-order valence-electron chi connectivity index (χ1n) is 8.57. The van der Waals surface area contributed by atoms with E-state index in [2.05, 4.69) is 30.6 Å². The Bertz CT molecular complexity index is 1080. The number of hydrogen-bond donors (Lipinski definition) is 3. The highest BCUT2D eigenvalue weighted by Crippen LogP contribution is 2.28. The van der Waals surface area contributed by atoms with Gasteiger partial charge in [-0.25, -0.2) is 0 Å². The van der Waals surface area contributed by atoms with E-state index in [0.717, 1.165) is 54.0 Å². The van der Waals surface area contributed by atoms with Gasteiger partial charge in [0.15, 0.2) is 5.65 Å². The second-order valence-electron chi connectivity index (χ2n) is 6.40. The van der Waals surface area contributed by atoms with E-state index < -0.39 is 0 Å². The van der Waals surface area contributed by atoms with Crippen LogP contribution in [-0.4, -0.2) is 49.0 Å². The number of nitrogen functional groups attached to an aromatic ring is 1. The normalized spacial score (nSPS) is 15.7. The van der Waals surface area contributed by atoms with Crippen LogP contribution in [-0.2, 0) is 4.74 Å². The van der Waals surface area contributed by atoms with E-state index in [-0.39, 0.29) is 5.95 Å². The Morgan fingerprint density at radius 3 is 3.00 bits per heavy atom. The van der Waals surface area contributed by atoms with Crippen molar-refractivity contribution in [3.05, 3.63) is 30.6 Å². The molecule has 0 atom stereocenters. The molecule has 1 saturated heterocycles. The number of hydrogen-bond acceptors (Lipinski definition) is 7. The number of nitrogens with one attached hydrogen (secondary N) is 2. The fraction of sp³-hybridized carbons (Fsp3) is 0.294. The minimum absolute atomic E-state index is 0.239. The van der Waals surface area contributed by atoms with E-state index in [0.29, 0.717) is 11.7 Å². The van der Waals surface area contributed by atoms with Crippen molar-refractivity contribution in [1.82, 2.24) is 29.8 Å². The third-order valence-electron chi connectivity index (χ3n) is 4.68. The minimum Gasteiger partial charge on any atom is -0.381 e. The molecule has 0 aliphatic carbocycles. The van der Waals surface area contributed by atoms with Crippen LogP contribution in [0.2, 0.25) is 0 Å². The van der Waals surface area contributed by atoms with Gasteiger partial charge in [0.2, 0.25) is 5.95 Å². The van der Waals surface area contributed by atoms with Gasteiger partial charge in [-0.1, -0.05) is 0 Å². The minimum atomic E-state index is 0.239. The molecule has 9 heteroatoms. The van der Waals surface area contributed by atoms with Gasteiger partial charge in [0, 0.05) is 36.6 Å². The second-order valence-corrected chi connectivity index (χ2v) is 6.40. The smallest absolute Gasteiger partial charge is 0.240 e. The third-order valence-corrected chi connectivity index (χ3v) is 4.68. The summed E-state index contributed by atoms with van der Waals surface area (Å²) in [7, 11) is 0. The Morgan fingerprint density at radius 1 is 1.23 bits per heavy atom. The van der Waals surface area contributed by atoms with Crippen molar-refractivity contribution in [2.45, 2.75) is 18.9 Å². The van der Waals surface area contributed by atoms with E-state index in [9.17, 15) is 0 Å². The molecule has 0 bridgehead atoms. The summed E-state index contributed by atoms with van der Waals surface area (Å²) in [6.07, 6.45) is 5.44. The quantitative estimate of drug-likeness (QED) is 0.516. The number of H-pyrrole nitrogens is 1. The fourth-order valence-electron chi connectivity index (χ4n) is 3.34. The lowest BCUT2D eigenvalue weighted by Gasteiger charge is -2.24. The standard InChI is InChI=1S/C17H18N8O/c18-17-22-16-12(10-7-13-14(19-8-10)9-20-23-13)1-2-15(25(16)24-17)21-11-3-5-26-6-4-11/h1-2,7-9,11,21H,3-6H2,(H2,18,24)(H,20,23). The van der Waals surface area contributed by atoms with E-state index in [1.165, 1.54) is 0 Å². The molecule has 5 heterocycles. The van der Waals surface area contributed by atoms with Crippen LogP contribution in [0.4, 0.5) is 11.8 Å². The molecule has 0 unspecified atom stereocenters. The van der Waals surface area contributed by atoms with Gasteiger partial charge in [0.25, 0.3) is 0 Å². The molecule has 9 nitrogen and oxygen atoms in total. The molecule has 4 N–H and O–H groups in total. The molecule has 4 aromatic rings. The van der Waals surface area contributed by atoms with Crippen molar-refractivity contribution < 1.29 is 4.74 Å². The maximum atomic E-state index is 5.89. The monoisotopic (exact) mass is 350 g/mol. The van der Waals surface area contributed by atoms with Gasteiger partial charge in [-0.15, -0.1) is 5.10 Å². The molecule has 0 amide bonds. The Kier molecular flexibility index (Phi) is 3.45. The molecule has 0 radical (unpaired) electrons. The Balaban J connectivity index is 1.59. The van der Waals surface area contributed by atoms with Gasteiger partial charge in [0.1, 0.15) is 11.3 Å². The topological polar surface area (TPSA) is 119 Å². The van der Waals surface area contributed by atoms with Crippen LogP contribution in [0.1, 0.15) is 12.8 Å². The van der Waals surface area contributed by atoms with Crippen molar-refractivity contribution in [1.29, 1.82) is 0 Å². The molecular weight excluding hydrogens is 332 g/mol. The van der Waals surface area contributed by atoms with Gasteiger partial charge < -0.3 is 15.8 Å². The van der Waals surface area contributed by atoms with E-state index >= 15 is 0 Å². The van der Waals surface area contributed by atoms with Crippen molar-refractivity contribution in [2.24, 2.45) is 0 Å². The van der Waals surface area contributed by atoms with Crippen molar-refractivity contribution in [3.63, 3.8) is 0 Å². The molecule has 1 aliphatic heterocycles. The Labute approximate surface area is 148 Å². The molecule has 5 rings (SSSR count). The Morgan fingerprint density at radius 2 is 2.12 bits per heavy atom. The number of aromatic amines is 1. The lowest BCUT2D eigenvalue weighted by atomic mass is 10.1. The average Bonchev–Trinajstić information content (AvgIpc) is 3.28. The molecule has 26 heavy (non-hydrogen) atoms. The van der Waals surface area contributed by atoms with Crippen LogP contribution in [0.15, 0.2) is 30.6 Å². The van der Waals surface area contributed by atoms with Crippen LogP contribution in [0.3, 0.4) is 0 Å². The summed E-state index contributed by atoms with van der Waals surface area (Å²) < 4.78 is 7.19. The summed E-state index contributed by atoms with van der Waals surface area (Å²) in [6, 6.07) is 6.38. The number of rotatable bonds is 3. The van der Waals surface area contributed by atoms with Crippen LogP contribution in [0.25, 0.3) is 27.8 Å². The number of anilines is 2. The van der Waals surface area contributed by atoms with Gasteiger partial charge >= 0.3 is 0 Å². The van der Waals surface area contributed by atoms with Crippen molar-refractivity contribution >= 4 is 28.4 Å². The SMILES string of the molecule is Nc1nc2c(-c3cnc4cn[nH]c4c3)ccc(NC3CCOCC3)n2n1. The number of nitrogens with two attached hydrogens (primary N) is 1. The van der Waals surface area contributed by atoms with Crippen molar-refractivity contribution in [3.8, 4) is 11.1 Å². The van der Waals surface area contributed by atoms with Gasteiger partial charge in [0.05, 0.1) is 11.7 Å². The lowest BCUT2D eigenvalue weighted by molar-refractivity contribution is 0.0903. The highest BCUT2D eigenvalue weighted by atomic mass is 16.5. The summed E-state index contributed by atoms with van der Waals surface area (Å²) in [6.45, 7) is 1.54. The summed E-state index contributed by atoms with van der Waals surface area (Å²) in [5.41, 5.74) is 10.1. The largest absolute Gasteiger partial charge is 0.381 e. The lowest BCUT2D eigenvalue weighted by Crippen LogP contribution is -2.28. The molecule has 1 aliphatic rings. The molecule has 0 saturated carbocycles. The zero-order chi connectivity index (χ0) is 17.5. The summed E-state index contributed by atoms with van der Waals surface area (Å²) in [5.74, 6) is 1.11. The molecular formula is C17H18N8O. The number of pyridine rings is 2. The molecule has 132 valence electrons. The maximum absolute atomic E-state index is 5.89. The van der Waals surface area contributed by atoms with Gasteiger partial charge in [-0.2, -0.15) is 14.6 Å². The van der Waals surface area contributed by atoms with E-state index in [1.54, 1.807) is 10.7 Å². The summed E-state index contributed by atoms with van der Waals surface area (Å²) in [5, 5.41) is 14.9. The number of ether oxygens (including phenoxy) is 1. The number of aromatic nitrogens is 6. The average molecular weight is 350 g/mol. The zero-order valence-electron chi connectivity index (χ0n) is 14.0. The van der Waals surface area contributed by atoms with Crippen LogP contribution in [0.5, 0.6) is 0 Å². The summed E-state index contributed by atoms with van der Waals surface area (Å²) in [4.78, 5) is 8.86. The molecule has 0 aromatic carbocycles. The highest BCUT2D eigenvalue weighted by Gasteiger charge is 2.17. The van der Waals surface area contributed by atoms with Gasteiger partial charge in [-0.3, -0.25) is 10.1 Å². The first-order chi connectivity index (χ1) is 12.8. The van der Waals surface area contributed by atoms with E-state index in [1.807, 2.05) is 24.4 Å². The number of fused-ring (bicyclic) bond motifs is 2. The molecule has 0 spiro atoms. The van der Waals surface area contributed by atoms with Gasteiger partial charge in [-0.05, 0) is 31.0 Å². The van der Waals surface area contributed by atoms with Crippen LogP contribution >= 0.6 is 0 Å². The molecule has 1 fully saturated rings. The predicted octanol–water partition coefficient (Wildman–Crippen LogP) is 1.84. The van der Waals surface area contributed by atoms with Crippen molar-refractivity contribution in [2.75, 3.05) is 24.3 Å². The third kappa shape index (κ3) is 2.53. The van der Waals surface area contributed by atoms with Crippen LogP contribution in [0, 0.1) is 0 Å². The highest BCUT2D eigenvalue weighted by molar-refractivity contribution is 5.85. The zero-order valence-corrected chi connectivity index (χ0v) is 14.0. The summed E-state index contributed by atoms with van der Waals surface area (Å²) >= 11 is 0. The maximum Gasteiger partial charge on any atom is 0.240 e.